The van der Waals surface area contributed by atoms with Crippen molar-refractivity contribution in [3.63, 3.8) is 0 Å². The minimum Gasteiger partial charge on any atom is -0.497 e. The summed E-state index contributed by atoms with van der Waals surface area (Å²) in [7, 11) is 2.91. The fraction of sp³-hybridized carbons (Fsp3) is 0.357. The predicted octanol–water partition coefficient (Wildman–Crippen LogP) is 2.32. The predicted molar refractivity (Wildman–Crippen MR) is 75.3 cm³/mol. The van der Waals surface area contributed by atoms with Gasteiger partial charge in [0.05, 0.1) is 14.2 Å². The summed E-state index contributed by atoms with van der Waals surface area (Å²) in [5.41, 5.74) is 0.809. The zero-order chi connectivity index (χ0) is 14.3. The van der Waals surface area contributed by atoms with Crippen molar-refractivity contribution in [1.29, 1.82) is 0 Å². The van der Waals surface area contributed by atoms with E-state index in [4.69, 9.17) is 20.6 Å². The second-order valence-electron chi connectivity index (χ2n) is 3.63. The van der Waals surface area contributed by atoms with E-state index in [0.717, 1.165) is 11.3 Å². The molecule has 2 unspecified atom stereocenters. The van der Waals surface area contributed by atoms with Gasteiger partial charge in [-0.05, 0) is 17.7 Å². The first-order valence-corrected chi connectivity index (χ1v) is 6.46. The molecule has 19 heavy (non-hydrogen) atoms. The molecule has 0 fully saturated rings. The molecule has 1 rings (SSSR count). The van der Waals surface area contributed by atoms with Crippen LogP contribution in [0.25, 0.3) is 0 Å². The summed E-state index contributed by atoms with van der Waals surface area (Å²) in [5, 5.41) is 0. The molecule has 0 spiro atoms. The Balaban J connectivity index is 2.94. The number of methoxy groups -OCH3 is 2. The molecule has 0 aliphatic carbocycles. The fourth-order valence-electron chi connectivity index (χ4n) is 1.52. The van der Waals surface area contributed by atoms with E-state index in [1.54, 1.807) is 19.2 Å². The van der Waals surface area contributed by atoms with Crippen molar-refractivity contribution in [2.24, 2.45) is 0 Å². The normalized spacial score (nSPS) is 13.2. The maximum absolute atomic E-state index is 11.6. The van der Waals surface area contributed by atoms with Crippen molar-refractivity contribution < 1.29 is 19.0 Å². The lowest BCUT2D eigenvalue weighted by molar-refractivity contribution is -0.142. The third-order valence-corrected chi connectivity index (χ3v) is 3.34. The minimum absolute atomic E-state index is 0.107. The molecule has 0 saturated heterocycles. The highest BCUT2D eigenvalue weighted by Crippen LogP contribution is 2.28. The van der Waals surface area contributed by atoms with Gasteiger partial charge in [-0.2, -0.15) is 0 Å². The van der Waals surface area contributed by atoms with Crippen LogP contribution in [0.3, 0.4) is 0 Å². The Bertz CT molecular complexity index is 450. The lowest BCUT2D eigenvalue weighted by Gasteiger charge is -2.21. The Morgan fingerprint density at radius 2 is 2.00 bits per heavy atom. The number of halogens is 1. The molecule has 0 aliphatic rings. The van der Waals surface area contributed by atoms with Gasteiger partial charge in [0.15, 0.2) is 0 Å². The van der Waals surface area contributed by atoms with Gasteiger partial charge < -0.3 is 14.2 Å². The van der Waals surface area contributed by atoms with Crippen LogP contribution in [0, 0.1) is 12.3 Å². The first-order chi connectivity index (χ1) is 9.13. The molecule has 102 valence electrons. The Morgan fingerprint density at radius 1 is 1.37 bits per heavy atom. The summed E-state index contributed by atoms with van der Waals surface area (Å²) in [6, 6.07) is 7.21. The van der Waals surface area contributed by atoms with Crippen molar-refractivity contribution in [3.05, 3.63) is 29.8 Å². The standard InChI is InChI=1S/C14H15BrO4/c1-4-9-19-13(12(15)14(16)18-3)10-5-7-11(17-2)8-6-10/h1,5-8,12-13H,9H2,2-3H3. The monoisotopic (exact) mass is 326 g/mol. The summed E-state index contributed by atoms with van der Waals surface area (Å²) in [6.45, 7) is 0.107. The number of benzene rings is 1. The smallest absolute Gasteiger partial charge is 0.322 e. The van der Waals surface area contributed by atoms with E-state index in [1.807, 2.05) is 12.1 Å². The molecule has 4 nitrogen and oxygen atoms in total. The van der Waals surface area contributed by atoms with E-state index >= 15 is 0 Å². The van der Waals surface area contributed by atoms with Gasteiger partial charge in [0.25, 0.3) is 0 Å². The molecule has 0 N–H and O–H groups in total. The Hall–Kier alpha value is -1.51. The molecule has 0 bridgehead atoms. The van der Waals surface area contributed by atoms with Crippen molar-refractivity contribution in [2.45, 2.75) is 10.9 Å². The van der Waals surface area contributed by atoms with E-state index in [-0.39, 0.29) is 6.61 Å². The number of rotatable bonds is 6. The van der Waals surface area contributed by atoms with Crippen LogP contribution < -0.4 is 4.74 Å². The highest BCUT2D eigenvalue weighted by molar-refractivity contribution is 9.10. The van der Waals surface area contributed by atoms with Gasteiger partial charge in [0, 0.05) is 0 Å². The Labute approximate surface area is 121 Å². The molecule has 0 saturated carbocycles. The van der Waals surface area contributed by atoms with Crippen molar-refractivity contribution in [1.82, 2.24) is 0 Å². The number of esters is 1. The molecular weight excluding hydrogens is 312 g/mol. The van der Waals surface area contributed by atoms with Gasteiger partial charge in [-0.1, -0.05) is 34.0 Å². The zero-order valence-corrected chi connectivity index (χ0v) is 12.3. The molecule has 0 aromatic heterocycles. The second-order valence-corrected chi connectivity index (χ2v) is 4.62. The largest absolute Gasteiger partial charge is 0.497 e. The summed E-state index contributed by atoms with van der Waals surface area (Å²) >= 11 is 3.27. The second kappa shape index (κ2) is 7.82. The maximum Gasteiger partial charge on any atom is 0.322 e. The van der Waals surface area contributed by atoms with E-state index in [2.05, 4.69) is 21.9 Å². The van der Waals surface area contributed by atoms with Gasteiger partial charge in [0.2, 0.25) is 0 Å². The van der Waals surface area contributed by atoms with Crippen LogP contribution in [0.15, 0.2) is 24.3 Å². The SMILES string of the molecule is C#CCOC(c1ccc(OC)cc1)C(Br)C(=O)OC. The summed E-state index contributed by atoms with van der Waals surface area (Å²) in [4.78, 5) is 11.0. The topological polar surface area (TPSA) is 44.8 Å². The van der Waals surface area contributed by atoms with Crippen LogP contribution >= 0.6 is 15.9 Å². The van der Waals surface area contributed by atoms with E-state index < -0.39 is 16.9 Å². The number of hydrogen-bond acceptors (Lipinski definition) is 4. The highest BCUT2D eigenvalue weighted by Gasteiger charge is 2.28. The molecular formula is C14H15BrO4. The van der Waals surface area contributed by atoms with Crippen molar-refractivity contribution >= 4 is 21.9 Å². The van der Waals surface area contributed by atoms with E-state index in [1.165, 1.54) is 7.11 Å². The van der Waals surface area contributed by atoms with Gasteiger partial charge in [-0.3, -0.25) is 4.79 Å². The highest BCUT2D eigenvalue weighted by atomic mass is 79.9. The average Bonchev–Trinajstić information content (AvgIpc) is 2.47. The van der Waals surface area contributed by atoms with Crippen LogP contribution in [-0.2, 0) is 14.3 Å². The molecule has 5 heteroatoms. The number of carbonyl (C=O) groups is 1. The van der Waals surface area contributed by atoms with E-state index in [9.17, 15) is 4.79 Å². The van der Waals surface area contributed by atoms with Crippen LogP contribution in [0.4, 0.5) is 0 Å². The lowest BCUT2D eigenvalue weighted by Crippen LogP contribution is -2.26. The Morgan fingerprint density at radius 3 is 2.47 bits per heavy atom. The molecule has 0 heterocycles. The molecule has 1 aromatic carbocycles. The lowest BCUT2D eigenvalue weighted by atomic mass is 10.1. The summed E-state index contributed by atoms with van der Waals surface area (Å²) in [6.07, 6.45) is 4.66. The van der Waals surface area contributed by atoms with Crippen LogP contribution in [0.1, 0.15) is 11.7 Å². The van der Waals surface area contributed by atoms with E-state index in [0.29, 0.717) is 0 Å². The molecule has 0 aliphatic heterocycles. The van der Waals surface area contributed by atoms with Crippen molar-refractivity contribution in [3.8, 4) is 18.1 Å². The maximum atomic E-state index is 11.6. The van der Waals surface area contributed by atoms with Gasteiger partial charge in [-0.15, -0.1) is 6.42 Å². The first-order valence-electron chi connectivity index (χ1n) is 5.55. The third-order valence-electron chi connectivity index (χ3n) is 2.48. The first kappa shape index (κ1) is 15.5. The fourth-order valence-corrected chi connectivity index (χ4v) is 2.16. The quantitative estimate of drug-likeness (QED) is 0.457. The van der Waals surface area contributed by atoms with Crippen molar-refractivity contribution in [2.75, 3.05) is 20.8 Å². The van der Waals surface area contributed by atoms with Crippen LogP contribution in [0.5, 0.6) is 5.75 Å². The molecule has 0 radical (unpaired) electrons. The number of alkyl halides is 1. The third kappa shape index (κ3) is 4.27. The number of carbonyl (C=O) groups excluding carboxylic acids is 1. The summed E-state index contributed by atoms with van der Waals surface area (Å²) in [5.74, 6) is 2.69. The Kier molecular flexibility index (Phi) is 6.40. The summed E-state index contributed by atoms with van der Waals surface area (Å²) < 4.78 is 15.3. The average molecular weight is 327 g/mol. The van der Waals surface area contributed by atoms with Gasteiger partial charge >= 0.3 is 5.97 Å². The number of terminal acetylenes is 1. The molecule has 1 aromatic rings. The zero-order valence-electron chi connectivity index (χ0n) is 10.8. The van der Waals surface area contributed by atoms with Gasteiger partial charge in [0.1, 0.15) is 23.3 Å². The molecule has 2 atom stereocenters. The van der Waals surface area contributed by atoms with Crippen LogP contribution in [0.2, 0.25) is 0 Å². The molecule has 0 amide bonds. The van der Waals surface area contributed by atoms with Gasteiger partial charge in [-0.25, -0.2) is 0 Å². The number of ether oxygens (including phenoxy) is 3. The number of hydrogen-bond donors (Lipinski definition) is 0. The minimum atomic E-state index is -0.626. The van der Waals surface area contributed by atoms with Crippen LogP contribution in [-0.4, -0.2) is 31.6 Å².